The number of rotatable bonds is 3. The van der Waals surface area contributed by atoms with Crippen LogP contribution in [-0.2, 0) is 0 Å². The van der Waals surface area contributed by atoms with Crippen LogP contribution in [-0.4, -0.2) is 17.1 Å². The van der Waals surface area contributed by atoms with Crippen LogP contribution in [0.25, 0.3) is 21.5 Å². The highest BCUT2D eigenvalue weighted by Gasteiger charge is 2.07. The molecule has 3 aromatic carbocycles. The SMILES string of the molecule is O=C(N/N=C/c1c2ccccc2cc2ccccc12)c1ccccn1. The van der Waals surface area contributed by atoms with E-state index < -0.39 is 0 Å². The fourth-order valence-electron chi connectivity index (χ4n) is 2.90. The monoisotopic (exact) mass is 325 g/mol. The van der Waals surface area contributed by atoms with E-state index in [1.54, 1.807) is 30.6 Å². The fourth-order valence-corrected chi connectivity index (χ4v) is 2.90. The van der Waals surface area contributed by atoms with Crippen molar-refractivity contribution in [2.75, 3.05) is 0 Å². The van der Waals surface area contributed by atoms with Crippen molar-refractivity contribution in [3.8, 4) is 0 Å². The van der Waals surface area contributed by atoms with Gasteiger partial charge in [0.2, 0.25) is 0 Å². The van der Waals surface area contributed by atoms with E-state index in [0.29, 0.717) is 5.69 Å². The van der Waals surface area contributed by atoms with Gasteiger partial charge in [0.15, 0.2) is 0 Å². The minimum Gasteiger partial charge on any atom is -0.266 e. The molecule has 1 amide bonds. The highest BCUT2D eigenvalue weighted by molar-refractivity contribution is 6.13. The Morgan fingerprint density at radius 1 is 0.880 bits per heavy atom. The summed E-state index contributed by atoms with van der Waals surface area (Å²) in [5.41, 5.74) is 3.86. The lowest BCUT2D eigenvalue weighted by Crippen LogP contribution is -2.18. The number of aromatic nitrogens is 1. The molecule has 4 aromatic rings. The molecule has 0 radical (unpaired) electrons. The highest BCUT2D eigenvalue weighted by atomic mass is 16.2. The molecule has 1 N–H and O–H groups in total. The van der Waals surface area contributed by atoms with E-state index in [4.69, 9.17) is 0 Å². The number of hydrogen-bond acceptors (Lipinski definition) is 3. The molecule has 0 aliphatic carbocycles. The molecule has 0 saturated heterocycles. The minimum absolute atomic E-state index is 0.332. The summed E-state index contributed by atoms with van der Waals surface area (Å²) in [4.78, 5) is 16.1. The highest BCUT2D eigenvalue weighted by Crippen LogP contribution is 2.27. The molecule has 25 heavy (non-hydrogen) atoms. The summed E-state index contributed by atoms with van der Waals surface area (Å²) in [5, 5.41) is 8.62. The van der Waals surface area contributed by atoms with E-state index >= 15 is 0 Å². The van der Waals surface area contributed by atoms with Gasteiger partial charge < -0.3 is 0 Å². The van der Waals surface area contributed by atoms with Gasteiger partial charge in [0.1, 0.15) is 5.69 Å². The van der Waals surface area contributed by atoms with Crippen molar-refractivity contribution >= 4 is 33.7 Å². The van der Waals surface area contributed by atoms with Crippen LogP contribution < -0.4 is 5.43 Å². The summed E-state index contributed by atoms with van der Waals surface area (Å²) in [5.74, 6) is -0.332. The molecule has 1 heterocycles. The Morgan fingerprint density at radius 3 is 2.16 bits per heavy atom. The number of benzene rings is 3. The number of carbonyl (C=O) groups is 1. The molecule has 0 fully saturated rings. The van der Waals surface area contributed by atoms with Crippen LogP contribution in [0, 0.1) is 0 Å². The van der Waals surface area contributed by atoms with Crippen molar-refractivity contribution in [2.45, 2.75) is 0 Å². The molecule has 0 aliphatic rings. The second kappa shape index (κ2) is 6.53. The van der Waals surface area contributed by atoms with Gasteiger partial charge in [0.25, 0.3) is 5.91 Å². The van der Waals surface area contributed by atoms with Crippen molar-refractivity contribution < 1.29 is 4.79 Å². The third-order valence-electron chi connectivity index (χ3n) is 4.07. The van der Waals surface area contributed by atoms with E-state index in [-0.39, 0.29) is 5.91 Å². The zero-order valence-corrected chi connectivity index (χ0v) is 13.4. The van der Waals surface area contributed by atoms with Crippen LogP contribution in [0.2, 0.25) is 0 Å². The van der Waals surface area contributed by atoms with Crippen molar-refractivity contribution in [1.29, 1.82) is 0 Å². The molecule has 120 valence electrons. The zero-order chi connectivity index (χ0) is 17.1. The first kappa shape index (κ1) is 15.0. The van der Waals surface area contributed by atoms with Crippen molar-refractivity contribution in [2.24, 2.45) is 5.10 Å². The van der Waals surface area contributed by atoms with E-state index in [1.807, 2.05) is 24.3 Å². The van der Waals surface area contributed by atoms with Gasteiger partial charge >= 0.3 is 0 Å². The van der Waals surface area contributed by atoms with Gasteiger partial charge in [-0.3, -0.25) is 9.78 Å². The summed E-state index contributed by atoms with van der Waals surface area (Å²) in [6.45, 7) is 0. The Bertz CT molecular complexity index is 1030. The van der Waals surface area contributed by atoms with Crippen LogP contribution in [0.5, 0.6) is 0 Å². The predicted molar refractivity (Wildman–Crippen MR) is 101 cm³/mol. The number of carbonyl (C=O) groups excluding carboxylic acids is 1. The largest absolute Gasteiger partial charge is 0.289 e. The van der Waals surface area contributed by atoms with Crippen LogP contribution in [0.15, 0.2) is 84.1 Å². The molecule has 0 atom stereocenters. The average Bonchev–Trinajstić information content (AvgIpc) is 2.68. The lowest BCUT2D eigenvalue weighted by Gasteiger charge is -2.07. The van der Waals surface area contributed by atoms with E-state index in [1.165, 1.54) is 0 Å². The third kappa shape index (κ3) is 2.97. The first-order chi connectivity index (χ1) is 12.3. The van der Waals surface area contributed by atoms with E-state index in [2.05, 4.69) is 45.8 Å². The summed E-state index contributed by atoms with van der Waals surface area (Å²) in [6, 6.07) is 23.6. The molecule has 0 aliphatic heterocycles. The number of nitrogens with zero attached hydrogens (tertiary/aromatic N) is 2. The lowest BCUT2D eigenvalue weighted by molar-refractivity contribution is 0.0950. The quantitative estimate of drug-likeness (QED) is 0.349. The summed E-state index contributed by atoms with van der Waals surface area (Å²) < 4.78 is 0. The molecule has 4 nitrogen and oxygen atoms in total. The molecule has 4 heteroatoms. The van der Waals surface area contributed by atoms with Crippen LogP contribution in [0.4, 0.5) is 0 Å². The number of hydrazone groups is 1. The normalized spacial score (nSPS) is 11.2. The van der Waals surface area contributed by atoms with Crippen molar-refractivity contribution in [1.82, 2.24) is 10.4 Å². The van der Waals surface area contributed by atoms with Gasteiger partial charge in [-0.1, -0.05) is 54.6 Å². The first-order valence-corrected chi connectivity index (χ1v) is 7.98. The summed E-state index contributed by atoms with van der Waals surface area (Å²) >= 11 is 0. The lowest BCUT2D eigenvalue weighted by atomic mass is 9.97. The Kier molecular flexibility index (Phi) is 3.92. The van der Waals surface area contributed by atoms with E-state index in [9.17, 15) is 4.79 Å². The number of nitrogens with one attached hydrogen (secondary N) is 1. The van der Waals surface area contributed by atoms with Gasteiger partial charge in [-0.15, -0.1) is 0 Å². The molecular weight excluding hydrogens is 310 g/mol. The average molecular weight is 325 g/mol. The molecule has 0 saturated carbocycles. The maximum atomic E-state index is 12.1. The first-order valence-electron chi connectivity index (χ1n) is 7.98. The maximum absolute atomic E-state index is 12.1. The second-order valence-electron chi connectivity index (χ2n) is 5.65. The predicted octanol–water partition coefficient (Wildman–Crippen LogP) is 4.15. The Morgan fingerprint density at radius 2 is 1.52 bits per heavy atom. The summed E-state index contributed by atoms with van der Waals surface area (Å²) in [7, 11) is 0. The third-order valence-corrected chi connectivity index (χ3v) is 4.07. The van der Waals surface area contributed by atoms with Crippen LogP contribution >= 0.6 is 0 Å². The summed E-state index contributed by atoms with van der Waals surface area (Å²) in [6.07, 6.45) is 3.28. The second-order valence-corrected chi connectivity index (χ2v) is 5.65. The number of pyridine rings is 1. The Labute approximate surface area is 144 Å². The Hall–Kier alpha value is -3.53. The smallest absolute Gasteiger partial charge is 0.266 e. The van der Waals surface area contributed by atoms with E-state index in [0.717, 1.165) is 27.1 Å². The minimum atomic E-state index is -0.332. The molecule has 0 spiro atoms. The van der Waals surface area contributed by atoms with Crippen LogP contribution in [0.1, 0.15) is 16.1 Å². The maximum Gasteiger partial charge on any atom is 0.289 e. The van der Waals surface area contributed by atoms with Crippen LogP contribution in [0.3, 0.4) is 0 Å². The Balaban J connectivity index is 1.73. The van der Waals surface area contributed by atoms with Gasteiger partial charge in [0, 0.05) is 11.8 Å². The number of fused-ring (bicyclic) bond motifs is 2. The number of hydrogen-bond donors (Lipinski definition) is 1. The molecule has 1 aromatic heterocycles. The molecule has 4 rings (SSSR count). The molecule has 0 bridgehead atoms. The van der Waals surface area contributed by atoms with Gasteiger partial charge in [-0.25, -0.2) is 5.43 Å². The topological polar surface area (TPSA) is 54.4 Å². The van der Waals surface area contributed by atoms with Gasteiger partial charge in [-0.2, -0.15) is 5.10 Å². The zero-order valence-electron chi connectivity index (χ0n) is 13.4. The van der Waals surface area contributed by atoms with Crippen molar-refractivity contribution in [3.63, 3.8) is 0 Å². The standard InChI is InChI=1S/C21H15N3O/c25-21(20-11-5-6-12-22-20)24-23-14-19-17-9-3-1-7-15(17)13-16-8-2-4-10-18(16)19/h1-14H,(H,24,25)/b23-14+. The molecule has 0 unspecified atom stereocenters. The van der Waals surface area contributed by atoms with Gasteiger partial charge in [-0.05, 0) is 39.7 Å². The number of amides is 1. The fraction of sp³-hybridized carbons (Fsp3) is 0. The van der Waals surface area contributed by atoms with Gasteiger partial charge in [0.05, 0.1) is 6.21 Å². The van der Waals surface area contributed by atoms with Crippen molar-refractivity contribution in [3.05, 3.63) is 90.3 Å². The molecular formula is C21H15N3O.